The van der Waals surface area contributed by atoms with Crippen LogP contribution in [0.1, 0.15) is 52.0 Å². The molecule has 6 heteroatoms. The summed E-state index contributed by atoms with van der Waals surface area (Å²) in [4.78, 5) is 37.9. The van der Waals surface area contributed by atoms with Gasteiger partial charge in [0.25, 0.3) is 11.8 Å². The van der Waals surface area contributed by atoms with E-state index in [9.17, 15) is 14.4 Å². The van der Waals surface area contributed by atoms with Gasteiger partial charge >= 0.3 is 0 Å². The first-order valence-electron chi connectivity index (χ1n) is 8.98. The number of nitrogens with one attached hydrogen (secondary N) is 1. The van der Waals surface area contributed by atoms with Crippen molar-refractivity contribution < 1.29 is 14.4 Å². The van der Waals surface area contributed by atoms with Gasteiger partial charge in [0.05, 0.1) is 11.1 Å². The predicted octanol–water partition coefficient (Wildman–Crippen LogP) is 4.44. The number of carbonyl (C=O) groups is 3. The van der Waals surface area contributed by atoms with E-state index in [1.807, 2.05) is 13.0 Å². The van der Waals surface area contributed by atoms with Crippen LogP contribution in [0.3, 0.4) is 0 Å². The molecule has 0 atom stereocenters. The Morgan fingerprint density at radius 1 is 1.00 bits per heavy atom. The standard InChI is InChI=1S/C21H21ClN2O3/c1-14-10-11-15(22)13-18(14)23-19(25)9-3-2-6-12-24-20(26)16-7-4-5-8-17(16)21(24)27/h4-5,7-8,10-11,13H,2-3,6,9,12H2,1H3,(H,23,25). The molecule has 2 aromatic carbocycles. The van der Waals surface area contributed by atoms with Crippen LogP contribution < -0.4 is 5.32 Å². The van der Waals surface area contributed by atoms with Crippen LogP contribution in [0, 0.1) is 6.92 Å². The minimum atomic E-state index is -0.232. The van der Waals surface area contributed by atoms with Crippen molar-refractivity contribution in [1.29, 1.82) is 0 Å². The summed E-state index contributed by atoms with van der Waals surface area (Å²) in [5, 5.41) is 3.45. The molecule has 27 heavy (non-hydrogen) atoms. The van der Waals surface area contributed by atoms with Crippen LogP contribution in [0.2, 0.25) is 5.02 Å². The van der Waals surface area contributed by atoms with Gasteiger partial charge in [-0.25, -0.2) is 0 Å². The lowest BCUT2D eigenvalue weighted by Gasteiger charge is -2.13. The zero-order valence-electron chi connectivity index (χ0n) is 15.1. The second kappa shape index (κ2) is 8.35. The molecule has 1 aliphatic heterocycles. The molecule has 3 rings (SSSR count). The molecule has 0 saturated heterocycles. The van der Waals surface area contributed by atoms with E-state index < -0.39 is 0 Å². The van der Waals surface area contributed by atoms with Gasteiger partial charge in [-0.05, 0) is 49.6 Å². The fourth-order valence-corrected chi connectivity index (χ4v) is 3.29. The Bertz CT molecular complexity index is 860. The maximum absolute atomic E-state index is 12.3. The molecule has 1 aliphatic rings. The Morgan fingerprint density at radius 3 is 2.33 bits per heavy atom. The minimum absolute atomic E-state index is 0.0684. The van der Waals surface area contributed by atoms with Crippen molar-refractivity contribution in [1.82, 2.24) is 4.90 Å². The van der Waals surface area contributed by atoms with Crippen molar-refractivity contribution in [3.8, 4) is 0 Å². The molecule has 140 valence electrons. The number of nitrogens with zero attached hydrogens (tertiary/aromatic N) is 1. The largest absolute Gasteiger partial charge is 0.326 e. The quantitative estimate of drug-likeness (QED) is 0.566. The summed E-state index contributed by atoms with van der Waals surface area (Å²) in [6.07, 6.45) is 2.51. The second-order valence-electron chi connectivity index (χ2n) is 6.63. The van der Waals surface area contributed by atoms with Crippen molar-refractivity contribution >= 4 is 35.0 Å². The Morgan fingerprint density at radius 2 is 1.67 bits per heavy atom. The lowest BCUT2D eigenvalue weighted by molar-refractivity contribution is -0.116. The Hall–Kier alpha value is -2.66. The van der Waals surface area contributed by atoms with Gasteiger partial charge in [0.1, 0.15) is 0 Å². The monoisotopic (exact) mass is 384 g/mol. The number of amides is 3. The van der Waals surface area contributed by atoms with E-state index in [2.05, 4.69) is 5.32 Å². The number of fused-ring (bicyclic) bond motifs is 1. The van der Waals surface area contributed by atoms with Gasteiger partial charge in [-0.15, -0.1) is 0 Å². The predicted molar refractivity (Wildman–Crippen MR) is 105 cm³/mol. The highest BCUT2D eigenvalue weighted by atomic mass is 35.5. The van der Waals surface area contributed by atoms with E-state index in [0.29, 0.717) is 42.0 Å². The Labute approximate surface area is 163 Å². The van der Waals surface area contributed by atoms with Crippen molar-refractivity contribution in [2.45, 2.75) is 32.6 Å². The fourth-order valence-electron chi connectivity index (χ4n) is 3.12. The Balaban J connectivity index is 1.41. The number of hydrogen-bond acceptors (Lipinski definition) is 3. The van der Waals surface area contributed by atoms with Crippen molar-refractivity contribution in [3.05, 3.63) is 64.2 Å². The number of hydrogen-bond donors (Lipinski definition) is 1. The average molecular weight is 385 g/mol. The number of halogens is 1. The first-order chi connectivity index (χ1) is 13.0. The van der Waals surface area contributed by atoms with E-state index in [1.54, 1.807) is 36.4 Å². The van der Waals surface area contributed by atoms with Crippen LogP contribution in [0.5, 0.6) is 0 Å². The lowest BCUT2D eigenvalue weighted by Crippen LogP contribution is -2.30. The SMILES string of the molecule is Cc1ccc(Cl)cc1NC(=O)CCCCCN1C(=O)c2ccccc2C1=O. The molecule has 1 heterocycles. The van der Waals surface area contributed by atoms with E-state index >= 15 is 0 Å². The number of benzene rings is 2. The van der Waals surface area contributed by atoms with Crippen molar-refractivity contribution in [3.63, 3.8) is 0 Å². The molecule has 5 nitrogen and oxygen atoms in total. The molecule has 0 unspecified atom stereocenters. The van der Waals surface area contributed by atoms with Crippen LogP contribution in [0.25, 0.3) is 0 Å². The average Bonchev–Trinajstić information content (AvgIpc) is 2.89. The number of carbonyl (C=O) groups excluding carboxylic acids is 3. The number of unbranched alkanes of at least 4 members (excludes halogenated alkanes) is 2. The van der Waals surface area contributed by atoms with Crippen LogP contribution in [-0.2, 0) is 4.79 Å². The topological polar surface area (TPSA) is 66.5 Å². The van der Waals surface area contributed by atoms with Gasteiger partial charge in [-0.2, -0.15) is 0 Å². The highest BCUT2D eigenvalue weighted by Crippen LogP contribution is 2.23. The third-order valence-corrected chi connectivity index (χ3v) is 4.87. The van der Waals surface area contributed by atoms with Gasteiger partial charge < -0.3 is 5.32 Å². The maximum Gasteiger partial charge on any atom is 0.261 e. The summed E-state index contributed by atoms with van der Waals surface area (Å²) >= 11 is 5.95. The molecule has 2 aromatic rings. The first-order valence-corrected chi connectivity index (χ1v) is 9.36. The summed E-state index contributed by atoms with van der Waals surface area (Å²) in [5.41, 5.74) is 2.62. The normalized spacial score (nSPS) is 13.0. The molecule has 0 saturated carbocycles. The molecule has 0 aliphatic carbocycles. The van der Waals surface area contributed by atoms with Crippen LogP contribution in [-0.4, -0.2) is 29.2 Å². The molecule has 0 aromatic heterocycles. The molecular formula is C21H21ClN2O3. The van der Waals surface area contributed by atoms with Crippen LogP contribution in [0.4, 0.5) is 5.69 Å². The molecule has 1 N–H and O–H groups in total. The zero-order chi connectivity index (χ0) is 19.4. The second-order valence-corrected chi connectivity index (χ2v) is 7.06. The molecule has 0 bridgehead atoms. The Kier molecular flexibility index (Phi) is 5.91. The fraction of sp³-hybridized carbons (Fsp3) is 0.286. The van der Waals surface area contributed by atoms with E-state index in [-0.39, 0.29) is 17.7 Å². The molecule has 0 fully saturated rings. The number of imide groups is 1. The maximum atomic E-state index is 12.3. The molecular weight excluding hydrogens is 364 g/mol. The highest BCUT2D eigenvalue weighted by molar-refractivity contribution is 6.31. The van der Waals surface area contributed by atoms with Crippen LogP contribution in [0.15, 0.2) is 42.5 Å². The van der Waals surface area contributed by atoms with Crippen molar-refractivity contribution in [2.24, 2.45) is 0 Å². The first kappa shape index (κ1) is 19.1. The number of rotatable bonds is 7. The third-order valence-electron chi connectivity index (χ3n) is 4.64. The summed E-state index contributed by atoms with van der Waals surface area (Å²) in [6, 6.07) is 12.2. The smallest absolute Gasteiger partial charge is 0.261 e. The van der Waals surface area contributed by atoms with E-state index in [1.165, 1.54) is 4.90 Å². The summed E-state index contributed by atoms with van der Waals surface area (Å²) in [5.74, 6) is -0.532. The van der Waals surface area contributed by atoms with Gasteiger partial charge in [0, 0.05) is 23.7 Å². The number of anilines is 1. The summed E-state index contributed by atoms with van der Waals surface area (Å²) < 4.78 is 0. The van der Waals surface area contributed by atoms with Gasteiger partial charge in [0.15, 0.2) is 0 Å². The highest BCUT2D eigenvalue weighted by Gasteiger charge is 2.34. The molecule has 3 amide bonds. The molecule has 0 spiro atoms. The number of aryl methyl sites for hydroxylation is 1. The van der Waals surface area contributed by atoms with E-state index in [0.717, 1.165) is 17.7 Å². The zero-order valence-corrected chi connectivity index (χ0v) is 15.9. The minimum Gasteiger partial charge on any atom is -0.326 e. The van der Waals surface area contributed by atoms with Crippen LogP contribution >= 0.6 is 11.6 Å². The van der Waals surface area contributed by atoms with E-state index in [4.69, 9.17) is 11.6 Å². The summed E-state index contributed by atoms with van der Waals surface area (Å²) in [6.45, 7) is 2.29. The van der Waals surface area contributed by atoms with Crippen molar-refractivity contribution in [2.75, 3.05) is 11.9 Å². The van der Waals surface area contributed by atoms with Gasteiger partial charge in [-0.1, -0.05) is 36.2 Å². The lowest BCUT2D eigenvalue weighted by atomic mass is 10.1. The van der Waals surface area contributed by atoms with Gasteiger partial charge in [-0.3, -0.25) is 19.3 Å². The van der Waals surface area contributed by atoms with Gasteiger partial charge in [0.2, 0.25) is 5.91 Å². The third kappa shape index (κ3) is 4.37. The molecule has 0 radical (unpaired) electrons. The summed E-state index contributed by atoms with van der Waals surface area (Å²) in [7, 11) is 0.